The zero-order valence-corrected chi connectivity index (χ0v) is 10.3. The molecule has 0 bridgehead atoms. The Bertz CT molecular complexity index is 318. The van der Waals surface area contributed by atoms with Gasteiger partial charge < -0.3 is 10.2 Å². The molecule has 2 unspecified atom stereocenters. The molecule has 76 valence electrons. The summed E-state index contributed by atoms with van der Waals surface area (Å²) in [5.41, 5.74) is 7.05. The summed E-state index contributed by atoms with van der Waals surface area (Å²) in [5, 5.41) is 0. The van der Waals surface area contributed by atoms with E-state index in [9.17, 15) is 0 Å². The van der Waals surface area contributed by atoms with Crippen LogP contribution in [-0.4, -0.2) is 31.2 Å². The average Bonchev–Trinajstić information content (AvgIpc) is 2.28. The van der Waals surface area contributed by atoms with Gasteiger partial charge in [-0.3, -0.25) is 0 Å². The van der Waals surface area contributed by atoms with Crippen molar-refractivity contribution in [2.24, 2.45) is 5.73 Å². The predicted molar refractivity (Wildman–Crippen MR) is 69.5 cm³/mol. The number of benzene rings is 1. The van der Waals surface area contributed by atoms with Crippen molar-refractivity contribution in [1.29, 1.82) is 2.47 Å². The van der Waals surface area contributed by atoms with Crippen molar-refractivity contribution in [3.8, 4) is 0 Å². The Balaban J connectivity index is 2.34. The van der Waals surface area contributed by atoms with Gasteiger partial charge in [0.25, 0.3) is 0 Å². The van der Waals surface area contributed by atoms with Gasteiger partial charge in [-0.25, -0.2) is 0 Å². The molecule has 1 aromatic rings. The number of hydrogen-bond acceptors (Lipinski definition) is 2. The first kappa shape index (κ1) is 9.10. The zero-order valence-electron chi connectivity index (χ0n) is 10.1. The molecule has 0 amide bonds. The van der Waals surface area contributed by atoms with Crippen LogP contribution in [-0.2, 0) is 10.8 Å². The molecule has 0 saturated carbocycles. The summed E-state index contributed by atoms with van der Waals surface area (Å²) in [4.78, 5) is 0. The van der Waals surface area contributed by atoms with Crippen molar-refractivity contribution >= 4 is 25.2 Å². The summed E-state index contributed by atoms with van der Waals surface area (Å²) in [6.45, 7) is 0.688. The van der Waals surface area contributed by atoms with E-state index >= 15 is 0 Å². The molecule has 0 heterocycles. The summed E-state index contributed by atoms with van der Waals surface area (Å²) >= 11 is 0. The van der Waals surface area contributed by atoms with Crippen molar-refractivity contribution in [2.45, 2.75) is 12.5 Å². The first-order valence-electron chi connectivity index (χ1n) is 5.67. The number of hydrogen-bond donors (Lipinski definition) is 1. The number of rotatable bonds is 6. The van der Waals surface area contributed by atoms with Gasteiger partial charge in [0, 0.05) is 15.1 Å². The van der Waals surface area contributed by atoms with Crippen molar-refractivity contribution in [2.75, 3.05) is 6.61 Å². The molecule has 0 fully saturated rings. The van der Waals surface area contributed by atoms with E-state index in [-0.39, 0.29) is 6.04 Å². The fraction of sp³-hybridized carbons (Fsp3) is 0.333. The summed E-state index contributed by atoms with van der Waals surface area (Å²) in [6, 6.07) is 9.80. The zero-order chi connectivity index (χ0) is 12.0. The van der Waals surface area contributed by atoms with E-state index in [1.165, 1.54) is 0 Å². The van der Waals surface area contributed by atoms with E-state index in [1.807, 2.05) is 30.3 Å². The maximum absolute atomic E-state index is 7.55. The molecular weight excluding hydrogens is 208 g/mol. The minimum atomic E-state index is -2.97. The molecule has 14 heavy (non-hydrogen) atoms. The Morgan fingerprint density at radius 2 is 2.43 bits per heavy atom. The minimum absolute atomic E-state index is 0.137. The molecule has 2 nitrogen and oxygen atoms in total. The molecular formula is C9H17BNOPSi. The SMILES string of the molecule is [2H][Si]([3H])(BP)OC[C@@H](N)Cc1ccccc1. The molecule has 0 saturated heterocycles. The van der Waals surface area contributed by atoms with E-state index < -0.39 is 9.50 Å². The van der Waals surface area contributed by atoms with E-state index in [1.54, 1.807) is 0 Å². The third-order valence-electron chi connectivity index (χ3n) is 1.82. The first-order valence-corrected chi connectivity index (χ1v) is 6.60. The van der Waals surface area contributed by atoms with Crippen LogP contribution in [0.5, 0.6) is 0 Å². The lowest BCUT2D eigenvalue weighted by Gasteiger charge is -2.11. The van der Waals surface area contributed by atoms with Crippen molar-refractivity contribution < 1.29 is 4.43 Å². The third-order valence-corrected chi connectivity index (χ3v) is 2.86. The van der Waals surface area contributed by atoms with Crippen LogP contribution in [0.3, 0.4) is 0 Å². The third kappa shape index (κ3) is 4.91. The predicted octanol–water partition coefficient (Wildman–Crippen LogP) is -0.202. The maximum atomic E-state index is 7.55. The van der Waals surface area contributed by atoms with Crippen LogP contribution < -0.4 is 5.73 Å². The van der Waals surface area contributed by atoms with Gasteiger partial charge in [0.2, 0.25) is 0 Å². The largest absolute Gasteiger partial charge is 0.430 e. The monoisotopic (exact) mass is 228 g/mol. The van der Waals surface area contributed by atoms with Gasteiger partial charge in [-0.05, 0) is 12.0 Å². The molecule has 3 atom stereocenters. The molecule has 5 heteroatoms. The molecule has 0 aliphatic rings. The number of nitrogens with two attached hydrogens (primary N) is 1. The van der Waals surface area contributed by atoms with Crippen molar-refractivity contribution in [1.82, 2.24) is 0 Å². The van der Waals surface area contributed by atoms with Gasteiger partial charge in [0.05, 0.1) is 0 Å². The average molecular weight is 228 g/mol. The van der Waals surface area contributed by atoms with Crippen LogP contribution in [0.25, 0.3) is 0 Å². The highest BCUT2D eigenvalue weighted by atomic mass is 31.0. The highest BCUT2D eigenvalue weighted by Crippen LogP contribution is 2.01. The molecule has 0 aromatic heterocycles. The van der Waals surface area contributed by atoms with Crippen LogP contribution in [0.2, 0.25) is 0 Å². The Labute approximate surface area is 93.3 Å². The first-order chi connectivity index (χ1) is 7.53. The highest BCUT2D eigenvalue weighted by Gasteiger charge is 2.03. The van der Waals surface area contributed by atoms with E-state index in [4.69, 9.17) is 12.6 Å². The second kappa shape index (κ2) is 7.18. The summed E-state index contributed by atoms with van der Waals surface area (Å²) in [5.74, 6) is 0. The molecule has 0 spiro atoms. The lowest BCUT2D eigenvalue weighted by molar-refractivity contribution is 0.310. The fourth-order valence-electron chi connectivity index (χ4n) is 1.20. The molecule has 1 aromatic carbocycles. The second-order valence-electron chi connectivity index (χ2n) is 3.11. The molecule has 0 aliphatic carbocycles. The Morgan fingerprint density at radius 1 is 1.71 bits per heavy atom. The highest BCUT2D eigenvalue weighted by molar-refractivity contribution is 7.67. The van der Waals surface area contributed by atoms with Crippen molar-refractivity contribution in [3.05, 3.63) is 35.9 Å². The van der Waals surface area contributed by atoms with Gasteiger partial charge >= 0.3 is 0 Å². The topological polar surface area (TPSA) is 35.2 Å². The standard InChI is InChI=1S/C9H17BNOPSi/c11-9(7-12-14-10-13)6-8-4-2-1-3-5-8/h1-5,9-10H,6-7,11,13-14H2/t9-/m0/s1/i14TD/t9-,14?. The van der Waals surface area contributed by atoms with Crippen LogP contribution in [0.15, 0.2) is 30.3 Å². The van der Waals surface area contributed by atoms with Gasteiger partial charge in [-0.15, -0.1) is 0 Å². The quantitative estimate of drug-likeness (QED) is 0.540. The summed E-state index contributed by atoms with van der Waals surface area (Å²) in [7, 11) is -0.585. The molecule has 0 radical (unpaired) electrons. The Morgan fingerprint density at radius 3 is 3.07 bits per heavy atom. The minimum Gasteiger partial charge on any atom is -0.430 e. The Hall–Kier alpha value is -0.148. The van der Waals surface area contributed by atoms with Crippen molar-refractivity contribution in [3.63, 3.8) is 0 Å². The van der Waals surface area contributed by atoms with Gasteiger partial charge in [0.1, 0.15) is 9.50 Å². The van der Waals surface area contributed by atoms with Crippen LogP contribution in [0.4, 0.5) is 0 Å². The summed E-state index contributed by atoms with van der Waals surface area (Å²) in [6.07, 6.45) is 0.724. The molecule has 1 rings (SSSR count). The van der Waals surface area contributed by atoms with E-state index in [0.29, 0.717) is 13.2 Å². The van der Waals surface area contributed by atoms with Crippen LogP contribution in [0.1, 0.15) is 5.56 Å². The van der Waals surface area contributed by atoms with Gasteiger partial charge in [0.15, 0.2) is 6.59 Å². The summed E-state index contributed by atoms with van der Waals surface area (Å²) < 4.78 is 20.3. The molecule has 0 aliphatic heterocycles. The second-order valence-corrected chi connectivity index (χ2v) is 5.32. The Kier molecular flexibility index (Phi) is 4.67. The van der Waals surface area contributed by atoms with Crippen LogP contribution in [0, 0.1) is 0 Å². The fourth-order valence-corrected chi connectivity index (χ4v) is 2.00. The lowest BCUT2D eigenvalue weighted by Crippen LogP contribution is -2.29. The van der Waals surface area contributed by atoms with E-state index in [0.717, 1.165) is 12.0 Å². The lowest BCUT2D eigenvalue weighted by atomic mass is 10.1. The van der Waals surface area contributed by atoms with Gasteiger partial charge in [-0.2, -0.15) is 9.12 Å². The molecule has 2 N–H and O–H groups in total. The van der Waals surface area contributed by atoms with E-state index in [2.05, 4.69) is 9.12 Å². The smallest absolute Gasteiger partial charge is 0.164 e. The van der Waals surface area contributed by atoms with Gasteiger partial charge in [-0.1, -0.05) is 30.3 Å². The maximum Gasteiger partial charge on any atom is 0.164 e. The normalized spacial score (nSPS) is 19.0. The van der Waals surface area contributed by atoms with Crippen LogP contribution >= 0.6 is 9.12 Å².